The molecule has 2 rings (SSSR count). The van der Waals surface area contributed by atoms with E-state index in [-0.39, 0.29) is 17.6 Å². The van der Waals surface area contributed by atoms with Crippen molar-refractivity contribution in [1.29, 1.82) is 0 Å². The molecule has 0 fully saturated rings. The zero-order valence-electron chi connectivity index (χ0n) is 9.20. The molecule has 0 aliphatic rings. The van der Waals surface area contributed by atoms with E-state index in [1.54, 1.807) is 7.05 Å². The van der Waals surface area contributed by atoms with Crippen molar-refractivity contribution in [2.24, 2.45) is 7.05 Å². The van der Waals surface area contributed by atoms with Crippen molar-refractivity contribution >= 4 is 22.6 Å². The van der Waals surface area contributed by atoms with Crippen molar-refractivity contribution in [2.75, 3.05) is 6.61 Å². The second-order valence-corrected chi connectivity index (χ2v) is 3.90. The summed E-state index contributed by atoms with van der Waals surface area (Å²) in [7, 11) is 1.64. The topological polar surface area (TPSA) is 52.8 Å². The quantitative estimate of drug-likeness (QED) is 0.808. The second kappa shape index (κ2) is 4.69. The molecule has 0 aliphatic carbocycles. The first-order valence-corrected chi connectivity index (χ1v) is 5.23. The van der Waals surface area contributed by atoms with E-state index < -0.39 is 12.8 Å². The van der Waals surface area contributed by atoms with E-state index in [1.807, 2.05) is 0 Å². The van der Waals surface area contributed by atoms with Crippen LogP contribution < -0.4 is 0 Å². The van der Waals surface area contributed by atoms with Crippen molar-refractivity contribution in [3.05, 3.63) is 17.2 Å². The van der Waals surface area contributed by atoms with Crippen LogP contribution in [-0.2, 0) is 18.4 Å². The lowest BCUT2D eigenvalue weighted by molar-refractivity contribution is -0.177. The van der Waals surface area contributed by atoms with Crippen LogP contribution in [-0.4, -0.2) is 32.5 Å². The third kappa shape index (κ3) is 2.88. The number of hydrogen-bond acceptors (Lipinski definition) is 4. The molecule has 5 nitrogen and oxygen atoms in total. The fourth-order valence-corrected chi connectivity index (χ4v) is 1.58. The van der Waals surface area contributed by atoms with Crippen molar-refractivity contribution < 1.29 is 17.9 Å². The minimum Gasteiger partial charge on any atom is -0.364 e. The van der Waals surface area contributed by atoms with Gasteiger partial charge in [0.1, 0.15) is 18.4 Å². The highest BCUT2D eigenvalue weighted by molar-refractivity contribution is 6.33. The van der Waals surface area contributed by atoms with Crippen LogP contribution in [0.5, 0.6) is 0 Å². The number of fused-ring (bicyclic) bond motifs is 1. The first kappa shape index (κ1) is 13.0. The van der Waals surface area contributed by atoms with E-state index in [0.29, 0.717) is 11.0 Å². The summed E-state index contributed by atoms with van der Waals surface area (Å²) in [4.78, 5) is 7.87. The molecule has 2 heterocycles. The number of nitrogens with zero attached hydrogens (tertiary/aromatic N) is 4. The largest absolute Gasteiger partial charge is 0.411 e. The third-order valence-electron chi connectivity index (χ3n) is 2.09. The standard InChI is InChI=1S/C9H8ClF3N4O/c1-17-8-5(2-14-17)7(10)15-6(16-8)3-18-4-9(11,12)13/h2H,3-4H2,1H3. The van der Waals surface area contributed by atoms with E-state index in [1.165, 1.54) is 10.9 Å². The van der Waals surface area contributed by atoms with E-state index in [4.69, 9.17) is 11.6 Å². The number of hydrogen-bond donors (Lipinski definition) is 0. The van der Waals surface area contributed by atoms with Crippen molar-refractivity contribution in [3.8, 4) is 0 Å². The van der Waals surface area contributed by atoms with Crippen LogP contribution in [0.4, 0.5) is 13.2 Å². The molecule has 0 aromatic carbocycles. The summed E-state index contributed by atoms with van der Waals surface area (Å²) in [6.45, 7) is -1.71. The average Bonchev–Trinajstić information content (AvgIpc) is 2.59. The maximum absolute atomic E-state index is 11.9. The second-order valence-electron chi connectivity index (χ2n) is 3.54. The van der Waals surface area contributed by atoms with Gasteiger partial charge in [0.15, 0.2) is 11.5 Å². The van der Waals surface area contributed by atoms with Gasteiger partial charge in [-0.1, -0.05) is 11.6 Å². The Labute approximate surface area is 105 Å². The van der Waals surface area contributed by atoms with Crippen LogP contribution in [0.15, 0.2) is 6.20 Å². The Kier molecular flexibility index (Phi) is 3.40. The molecule has 2 aromatic rings. The van der Waals surface area contributed by atoms with Crippen molar-refractivity contribution in [1.82, 2.24) is 19.7 Å². The van der Waals surface area contributed by atoms with E-state index >= 15 is 0 Å². The smallest absolute Gasteiger partial charge is 0.364 e. The fourth-order valence-electron chi connectivity index (χ4n) is 1.35. The van der Waals surface area contributed by atoms with Gasteiger partial charge in [-0.25, -0.2) is 9.97 Å². The molecule has 0 saturated heterocycles. The van der Waals surface area contributed by atoms with Crippen molar-refractivity contribution in [3.63, 3.8) is 0 Å². The third-order valence-corrected chi connectivity index (χ3v) is 2.38. The van der Waals surface area contributed by atoms with Gasteiger partial charge in [0.05, 0.1) is 11.6 Å². The average molecular weight is 281 g/mol. The van der Waals surface area contributed by atoms with Gasteiger partial charge in [0.25, 0.3) is 0 Å². The van der Waals surface area contributed by atoms with Crippen LogP contribution >= 0.6 is 11.6 Å². The molecule has 0 radical (unpaired) electrons. The van der Waals surface area contributed by atoms with Crippen LogP contribution in [0.25, 0.3) is 11.0 Å². The van der Waals surface area contributed by atoms with Gasteiger partial charge in [-0.2, -0.15) is 18.3 Å². The highest BCUT2D eigenvalue weighted by Gasteiger charge is 2.27. The number of ether oxygens (including phenoxy) is 1. The number of aromatic nitrogens is 4. The Morgan fingerprint density at radius 2 is 2.11 bits per heavy atom. The van der Waals surface area contributed by atoms with E-state index in [9.17, 15) is 13.2 Å². The predicted octanol–water partition coefficient (Wildman–Crippen LogP) is 2.10. The maximum atomic E-state index is 11.9. The first-order valence-electron chi connectivity index (χ1n) is 4.85. The number of aryl methyl sites for hydroxylation is 1. The lowest BCUT2D eigenvalue weighted by atomic mass is 10.4. The summed E-state index contributed by atoms with van der Waals surface area (Å²) < 4.78 is 41.6. The molecule has 0 unspecified atom stereocenters. The Hall–Kier alpha value is -1.41. The molecular formula is C9H8ClF3N4O. The molecule has 0 spiro atoms. The summed E-state index contributed by atoms with van der Waals surface area (Å²) in [6.07, 6.45) is -2.89. The van der Waals surface area contributed by atoms with Crippen LogP contribution in [0.1, 0.15) is 5.82 Å². The number of rotatable bonds is 3. The minimum atomic E-state index is -4.37. The molecule has 18 heavy (non-hydrogen) atoms. The highest BCUT2D eigenvalue weighted by atomic mass is 35.5. The summed E-state index contributed by atoms with van der Waals surface area (Å²) in [5, 5.41) is 4.60. The minimum absolute atomic E-state index is 0.0837. The van der Waals surface area contributed by atoms with Gasteiger partial charge in [0.2, 0.25) is 0 Å². The Balaban J connectivity index is 2.16. The molecular weight excluding hydrogens is 273 g/mol. The molecule has 0 bridgehead atoms. The Bertz CT molecular complexity index is 569. The predicted molar refractivity (Wildman–Crippen MR) is 57.0 cm³/mol. The summed E-state index contributed by atoms with van der Waals surface area (Å²) in [5.41, 5.74) is 0.445. The molecule has 0 atom stereocenters. The van der Waals surface area contributed by atoms with Crippen molar-refractivity contribution in [2.45, 2.75) is 12.8 Å². The molecule has 2 aromatic heterocycles. The van der Waals surface area contributed by atoms with Crippen LogP contribution in [0.2, 0.25) is 5.15 Å². The van der Waals surface area contributed by atoms with Gasteiger partial charge >= 0.3 is 6.18 Å². The molecule has 98 valence electrons. The zero-order valence-corrected chi connectivity index (χ0v) is 9.96. The summed E-state index contributed by atoms with van der Waals surface area (Å²) in [6, 6.07) is 0. The normalized spacial score (nSPS) is 12.3. The summed E-state index contributed by atoms with van der Waals surface area (Å²) >= 11 is 5.86. The molecule has 0 aliphatic heterocycles. The molecule has 9 heteroatoms. The monoisotopic (exact) mass is 280 g/mol. The first-order chi connectivity index (χ1) is 8.37. The Morgan fingerprint density at radius 1 is 1.39 bits per heavy atom. The van der Waals surface area contributed by atoms with E-state index in [2.05, 4.69) is 19.8 Å². The van der Waals surface area contributed by atoms with Crippen LogP contribution in [0.3, 0.4) is 0 Å². The molecule has 0 amide bonds. The van der Waals surface area contributed by atoms with Crippen LogP contribution in [0, 0.1) is 0 Å². The molecule has 0 N–H and O–H groups in total. The molecule has 0 saturated carbocycles. The Morgan fingerprint density at radius 3 is 2.78 bits per heavy atom. The highest BCUT2D eigenvalue weighted by Crippen LogP contribution is 2.20. The summed E-state index contributed by atoms with van der Waals surface area (Å²) in [5.74, 6) is 0.0837. The number of alkyl halides is 3. The zero-order chi connectivity index (χ0) is 13.3. The fraction of sp³-hybridized carbons (Fsp3) is 0.444. The number of halogens is 4. The lowest BCUT2D eigenvalue weighted by Gasteiger charge is -2.07. The van der Waals surface area contributed by atoms with Gasteiger partial charge in [-0.3, -0.25) is 4.68 Å². The van der Waals surface area contributed by atoms with Gasteiger partial charge < -0.3 is 4.74 Å². The van der Waals surface area contributed by atoms with Gasteiger partial charge in [0, 0.05) is 7.05 Å². The SMILES string of the molecule is Cn1ncc2c(Cl)nc(COCC(F)(F)F)nc21. The van der Waals surface area contributed by atoms with Gasteiger partial charge in [-0.15, -0.1) is 0 Å². The maximum Gasteiger partial charge on any atom is 0.411 e. The lowest BCUT2D eigenvalue weighted by Crippen LogP contribution is -2.17. The van der Waals surface area contributed by atoms with Gasteiger partial charge in [-0.05, 0) is 0 Å². The van der Waals surface area contributed by atoms with E-state index in [0.717, 1.165) is 0 Å².